The number of fused-ring (bicyclic) bond motifs is 2. The van der Waals surface area contributed by atoms with Crippen LogP contribution in [-0.2, 0) is 6.42 Å². The Morgan fingerprint density at radius 3 is 2.77 bits per heavy atom. The number of nitrogens with one attached hydrogen (secondary N) is 2. The average Bonchev–Trinajstić information content (AvgIpc) is 2.54. The summed E-state index contributed by atoms with van der Waals surface area (Å²) in [6.07, 6.45) is 1.94. The quantitative estimate of drug-likeness (QED) is 0.785. The number of benzene rings is 2. The van der Waals surface area contributed by atoms with E-state index >= 15 is 0 Å². The van der Waals surface area contributed by atoms with E-state index < -0.39 is 0 Å². The molecule has 2 aromatic rings. The molecule has 0 spiro atoms. The molecule has 0 unspecified atom stereocenters. The summed E-state index contributed by atoms with van der Waals surface area (Å²) in [5.74, 6) is -0.220. The molecule has 4 rings (SSSR count). The van der Waals surface area contributed by atoms with Crippen LogP contribution in [-0.4, -0.2) is 5.11 Å². The molecule has 1 heterocycles. The maximum atomic E-state index is 13.6. The van der Waals surface area contributed by atoms with E-state index in [1.165, 1.54) is 22.8 Å². The molecular weight excluding hydrogens is 295 g/mol. The van der Waals surface area contributed by atoms with Crippen LogP contribution in [0.4, 0.5) is 4.39 Å². The van der Waals surface area contributed by atoms with Gasteiger partial charge in [0.05, 0.1) is 6.04 Å². The SMILES string of the molecule is Fc1cccc([C@H]2NC(=S)NC3=C2CCc2ccccc23)c1. The molecule has 2 N–H and O–H groups in total. The summed E-state index contributed by atoms with van der Waals surface area (Å²) in [6.45, 7) is 0. The molecule has 0 fully saturated rings. The van der Waals surface area contributed by atoms with Gasteiger partial charge in [0, 0.05) is 11.3 Å². The Bertz CT molecular complexity index is 797. The van der Waals surface area contributed by atoms with Gasteiger partial charge in [0.15, 0.2) is 5.11 Å². The third kappa shape index (κ3) is 2.20. The minimum absolute atomic E-state index is 0.0622. The fraction of sp³-hybridized carbons (Fsp3) is 0.167. The van der Waals surface area contributed by atoms with Crippen molar-refractivity contribution in [2.45, 2.75) is 18.9 Å². The molecule has 0 amide bonds. The van der Waals surface area contributed by atoms with Gasteiger partial charge in [-0.25, -0.2) is 4.39 Å². The molecule has 0 radical (unpaired) electrons. The summed E-state index contributed by atoms with van der Waals surface area (Å²) >= 11 is 5.36. The van der Waals surface area contributed by atoms with Crippen molar-refractivity contribution < 1.29 is 4.39 Å². The van der Waals surface area contributed by atoms with Gasteiger partial charge in [0.2, 0.25) is 0 Å². The van der Waals surface area contributed by atoms with E-state index in [0.717, 1.165) is 24.1 Å². The van der Waals surface area contributed by atoms with E-state index in [2.05, 4.69) is 28.8 Å². The van der Waals surface area contributed by atoms with Crippen LogP contribution in [0.5, 0.6) is 0 Å². The van der Waals surface area contributed by atoms with Crippen LogP contribution in [0.3, 0.4) is 0 Å². The maximum Gasteiger partial charge on any atom is 0.171 e. The maximum absolute atomic E-state index is 13.6. The first-order valence-corrected chi connectivity index (χ1v) is 7.77. The molecule has 0 saturated carbocycles. The Balaban J connectivity index is 1.86. The van der Waals surface area contributed by atoms with Crippen molar-refractivity contribution in [3.05, 3.63) is 76.6 Å². The van der Waals surface area contributed by atoms with Crippen molar-refractivity contribution in [1.29, 1.82) is 0 Å². The Labute approximate surface area is 134 Å². The van der Waals surface area contributed by atoms with Gasteiger partial charge in [0.25, 0.3) is 0 Å². The zero-order chi connectivity index (χ0) is 15.1. The van der Waals surface area contributed by atoms with E-state index in [1.807, 2.05) is 12.1 Å². The fourth-order valence-corrected chi connectivity index (χ4v) is 3.54. The van der Waals surface area contributed by atoms with E-state index in [1.54, 1.807) is 12.1 Å². The number of aryl methyl sites for hydroxylation is 1. The van der Waals surface area contributed by atoms with Crippen molar-refractivity contribution in [2.75, 3.05) is 0 Å². The van der Waals surface area contributed by atoms with Crippen LogP contribution >= 0.6 is 12.2 Å². The highest BCUT2D eigenvalue weighted by Gasteiger charge is 2.30. The van der Waals surface area contributed by atoms with E-state index in [9.17, 15) is 4.39 Å². The van der Waals surface area contributed by atoms with Gasteiger partial charge < -0.3 is 10.6 Å². The molecule has 0 bridgehead atoms. The van der Waals surface area contributed by atoms with Crippen LogP contribution in [0.15, 0.2) is 54.1 Å². The molecule has 2 nitrogen and oxygen atoms in total. The minimum atomic E-state index is -0.220. The highest BCUT2D eigenvalue weighted by molar-refractivity contribution is 7.80. The molecule has 0 saturated heterocycles. The van der Waals surface area contributed by atoms with Gasteiger partial charge >= 0.3 is 0 Å². The first-order valence-electron chi connectivity index (χ1n) is 7.36. The van der Waals surface area contributed by atoms with Crippen molar-refractivity contribution in [1.82, 2.24) is 10.6 Å². The van der Waals surface area contributed by atoms with Gasteiger partial charge in [-0.05, 0) is 53.9 Å². The fourth-order valence-electron chi connectivity index (χ4n) is 3.32. The van der Waals surface area contributed by atoms with Crippen LogP contribution in [0.2, 0.25) is 0 Å². The molecule has 1 atom stereocenters. The first kappa shape index (κ1) is 13.5. The van der Waals surface area contributed by atoms with Crippen LogP contribution in [0.1, 0.15) is 29.2 Å². The summed E-state index contributed by atoms with van der Waals surface area (Å²) < 4.78 is 13.6. The summed E-state index contributed by atoms with van der Waals surface area (Å²) in [5.41, 5.74) is 5.78. The van der Waals surface area contributed by atoms with E-state index in [0.29, 0.717) is 5.11 Å². The number of halogens is 1. The molecule has 2 aromatic carbocycles. The molecule has 1 aliphatic heterocycles. The zero-order valence-electron chi connectivity index (χ0n) is 11.9. The Morgan fingerprint density at radius 1 is 1.05 bits per heavy atom. The second-order valence-electron chi connectivity index (χ2n) is 5.64. The average molecular weight is 310 g/mol. The van der Waals surface area contributed by atoms with E-state index in [-0.39, 0.29) is 11.9 Å². The second kappa shape index (κ2) is 5.21. The smallest absolute Gasteiger partial charge is 0.171 e. The van der Waals surface area contributed by atoms with Crippen molar-refractivity contribution in [2.24, 2.45) is 0 Å². The zero-order valence-corrected chi connectivity index (χ0v) is 12.7. The van der Waals surface area contributed by atoms with Crippen molar-refractivity contribution in [3.63, 3.8) is 0 Å². The summed E-state index contributed by atoms with van der Waals surface area (Å²) in [7, 11) is 0. The topological polar surface area (TPSA) is 24.1 Å². The van der Waals surface area contributed by atoms with Crippen LogP contribution in [0.25, 0.3) is 5.70 Å². The summed E-state index contributed by atoms with van der Waals surface area (Å²) in [4.78, 5) is 0. The number of rotatable bonds is 1. The Hall–Kier alpha value is -2.20. The Morgan fingerprint density at radius 2 is 1.91 bits per heavy atom. The Kier molecular flexibility index (Phi) is 3.19. The van der Waals surface area contributed by atoms with Gasteiger partial charge in [-0.3, -0.25) is 0 Å². The highest BCUT2D eigenvalue weighted by atomic mass is 32.1. The lowest BCUT2D eigenvalue weighted by atomic mass is 9.83. The number of hydrogen-bond donors (Lipinski definition) is 2. The molecular formula is C18H15FN2S. The molecule has 2 aliphatic rings. The van der Waals surface area contributed by atoms with Gasteiger partial charge in [-0.15, -0.1) is 0 Å². The second-order valence-corrected chi connectivity index (χ2v) is 6.05. The predicted molar refractivity (Wildman–Crippen MR) is 89.7 cm³/mol. The van der Waals surface area contributed by atoms with E-state index in [4.69, 9.17) is 12.2 Å². The lowest BCUT2D eigenvalue weighted by molar-refractivity contribution is 0.614. The van der Waals surface area contributed by atoms with Crippen molar-refractivity contribution >= 4 is 23.0 Å². The molecule has 110 valence electrons. The molecule has 4 heteroatoms. The lowest BCUT2D eigenvalue weighted by Crippen LogP contribution is -2.44. The highest BCUT2D eigenvalue weighted by Crippen LogP contribution is 2.38. The first-order chi connectivity index (χ1) is 10.7. The molecule has 22 heavy (non-hydrogen) atoms. The number of thiocarbonyl (C=S) groups is 1. The normalized spacial score (nSPS) is 19.9. The molecule has 0 aromatic heterocycles. The van der Waals surface area contributed by atoms with Gasteiger partial charge in [-0.2, -0.15) is 0 Å². The van der Waals surface area contributed by atoms with Gasteiger partial charge in [-0.1, -0.05) is 36.4 Å². The van der Waals surface area contributed by atoms with Crippen LogP contribution < -0.4 is 10.6 Å². The minimum Gasteiger partial charge on any atom is -0.352 e. The monoisotopic (exact) mass is 310 g/mol. The summed E-state index contributed by atoms with van der Waals surface area (Å²) in [6, 6.07) is 15.1. The molecule has 1 aliphatic carbocycles. The number of hydrogen-bond acceptors (Lipinski definition) is 1. The van der Waals surface area contributed by atoms with Crippen molar-refractivity contribution in [3.8, 4) is 0 Å². The standard InChI is InChI=1S/C18H15FN2S/c19-13-6-3-5-12(10-13)16-15-9-8-11-4-1-2-7-14(11)17(15)21-18(22)20-16/h1-7,10,16H,8-9H2,(H2,20,21,22)/t16-/m1/s1. The largest absolute Gasteiger partial charge is 0.352 e. The lowest BCUT2D eigenvalue weighted by Gasteiger charge is -2.35. The third-order valence-corrected chi connectivity index (χ3v) is 4.54. The predicted octanol–water partition coefficient (Wildman–Crippen LogP) is 3.70. The van der Waals surface area contributed by atoms with Gasteiger partial charge in [0.1, 0.15) is 5.82 Å². The third-order valence-electron chi connectivity index (χ3n) is 4.32. The summed E-state index contributed by atoms with van der Waals surface area (Å²) in [5, 5.41) is 7.17. The van der Waals surface area contributed by atoms with Crippen LogP contribution in [0, 0.1) is 5.82 Å².